The number of alkyl halides is 5. The summed E-state index contributed by atoms with van der Waals surface area (Å²) in [7, 11) is 0. The molecule has 1 fully saturated rings. The molecular formula is C12H14F5N5O3. The van der Waals surface area contributed by atoms with Gasteiger partial charge in [-0.05, 0) is 0 Å². The number of amides is 1. The van der Waals surface area contributed by atoms with Crippen LogP contribution in [0.15, 0.2) is 12.4 Å². The number of hydrogen-bond donors (Lipinski definition) is 3. The average molecular weight is 371 g/mol. The fourth-order valence-corrected chi connectivity index (χ4v) is 1.55. The van der Waals surface area contributed by atoms with Crippen molar-refractivity contribution in [2.75, 3.05) is 26.2 Å². The van der Waals surface area contributed by atoms with Crippen molar-refractivity contribution in [3.05, 3.63) is 23.8 Å². The number of carbonyl (C=O) groups excluding carboxylic acids is 1. The second-order valence-electron chi connectivity index (χ2n) is 4.61. The van der Waals surface area contributed by atoms with Crippen LogP contribution >= 0.6 is 0 Å². The maximum absolute atomic E-state index is 12.3. The lowest BCUT2D eigenvalue weighted by atomic mass is 10.4. The molecule has 8 nitrogen and oxygen atoms in total. The molecule has 1 amide bonds. The Kier molecular flexibility index (Phi) is 7.57. The molecule has 3 N–H and O–H groups in total. The van der Waals surface area contributed by atoms with E-state index in [1.165, 1.54) is 0 Å². The van der Waals surface area contributed by atoms with Crippen molar-refractivity contribution in [3.63, 3.8) is 0 Å². The molecule has 1 aliphatic rings. The van der Waals surface area contributed by atoms with Crippen molar-refractivity contribution in [2.45, 2.75) is 12.6 Å². The Bertz CT molecular complexity index is 575. The third-order valence-corrected chi connectivity index (χ3v) is 2.75. The smallest absolute Gasteiger partial charge is 0.475 e. The Labute approximate surface area is 138 Å². The molecule has 1 saturated heterocycles. The SMILES string of the molecule is O=C(NN1CCNCC1)c1cnc(C(F)F)cn1.O=C(O)C(F)(F)F. The number of aliphatic carboxylic acids is 1. The van der Waals surface area contributed by atoms with E-state index in [9.17, 15) is 26.7 Å². The van der Waals surface area contributed by atoms with Crippen molar-refractivity contribution in [1.29, 1.82) is 0 Å². The Balaban J connectivity index is 0.000000381. The number of carboxylic acid groups (broad SMARTS) is 1. The first-order valence-corrected chi connectivity index (χ1v) is 6.78. The van der Waals surface area contributed by atoms with E-state index in [0.717, 1.165) is 25.5 Å². The van der Waals surface area contributed by atoms with Crippen molar-refractivity contribution in [2.24, 2.45) is 0 Å². The summed E-state index contributed by atoms with van der Waals surface area (Å²) in [5.41, 5.74) is 2.24. The van der Waals surface area contributed by atoms with E-state index in [2.05, 4.69) is 20.7 Å². The predicted octanol–water partition coefficient (Wildman–Crippen LogP) is 0.597. The van der Waals surface area contributed by atoms with Crippen LogP contribution in [0.1, 0.15) is 22.6 Å². The van der Waals surface area contributed by atoms with Crippen LogP contribution in [0.2, 0.25) is 0 Å². The topological polar surface area (TPSA) is 107 Å². The van der Waals surface area contributed by atoms with Crippen LogP contribution in [-0.2, 0) is 4.79 Å². The summed E-state index contributed by atoms with van der Waals surface area (Å²) in [6, 6.07) is 0. The van der Waals surface area contributed by atoms with E-state index in [4.69, 9.17) is 9.90 Å². The summed E-state index contributed by atoms with van der Waals surface area (Å²) in [6.45, 7) is 2.95. The number of rotatable bonds is 3. The molecule has 0 aromatic carbocycles. The largest absolute Gasteiger partial charge is 0.490 e. The van der Waals surface area contributed by atoms with E-state index in [0.29, 0.717) is 13.1 Å². The third-order valence-electron chi connectivity index (χ3n) is 2.75. The highest BCUT2D eigenvalue weighted by Gasteiger charge is 2.38. The lowest BCUT2D eigenvalue weighted by molar-refractivity contribution is -0.192. The second-order valence-corrected chi connectivity index (χ2v) is 4.61. The van der Waals surface area contributed by atoms with Crippen LogP contribution < -0.4 is 10.7 Å². The Morgan fingerprint density at radius 3 is 2.16 bits per heavy atom. The zero-order chi connectivity index (χ0) is 19.0. The number of hydrazine groups is 1. The van der Waals surface area contributed by atoms with Crippen molar-refractivity contribution in [1.82, 2.24) is 25.7 Å². The van der Waals surface area contributed by atoms with Crippen LogP contribution in [0.4, 0.5) is 22.0 Å². The fraction of sp³-hybridized carbons (Fsp3) is 0.500. The molecule has 0 radical (unpaired) electrons. The lowest BCUT2D eigenvalue weighted by Crippen LogP contribution is -2.52. The number of carbonyl (C=O) groups is 2. The number of nitrogens with zero attached hydrogens (tertiary/aromatic N) is 3. The predicted molar refractivity (Wildman–Crippen MR) is 72.6 cm³/mol. The zero-order valence-corrected chi connectivity index (χ0v) is 12.6. The van der Waals surface area contributed by atoms with Gasteiger partial charge in [0, 0.05) is 26.2 Å². The van der Waals surface area contributed by atoms with Gasteiger partial charge in [-0.25, -0.2) is 23.6 Å². The highest BCUT2D eigenvalue weighted by molar-refractivity contribution is 5.91. The van der Waals surface area contributed by atoms with Crippen molar-refractivity contribution < 1.29 is 36.6 Å². The number of carboxylic acids is 1. The maximum Gasteiger partial charge on any atom is 0.490 e. The number of piperazine rings is 1. The van der Waals surface area contributed by atoms with E-state index < -0.39 is 30.2 Å². The van der Waals surface area contributed by atoms with Crippen LogP contribution in [0.25, 0.3) is 0 Å². The summed E-state index contributed by atoms with van der Waals surface area (Å²) in [6.07, 6.45) is -5.79. The summed E-state index contributed by atoms with van der Waals surface area (Å²) >= 11 is 0. The molecule has 0 atom stereocenters. The lowest BCUT2D eigenvalue weighted by Gasteiger charge is -2.27. The van der Waals surface area contributed by atoms with Gasteiger partial charge >= 0.3 is 12.1 Å². The molecule has 0 spiro atoms. The summed E-state index contributed by atoms with van der Waals surface area (Å²) in [4.78, 5) is 27.8. The summed E-state index contributed by atoms with van der Waals surface area (Å²) in [5, 5.41) is 12.0. The minimum atomic E-state index is -5.08. The Morgan fingerprint density at radius 1 is 1.20 bits per heavy atom. The summed E-state index contributed by atoms with van der Waals surface area (Å²) < 4.78 is 56.2. The van der Waals surface area contributed by atoms with Gasteiger partial charge in [0.05, 0.1) is 12.4 Å². The second kappa shape index (κ2) is 9.17. The molecule has 140 valence electrons. The highest BCUT2D eigenvalue weighted by atomic mass is 19.4. The molecule has 1 aliphatic heterocycles. The minimum Gasteiger partial charge on any atom is -0.475 e. The van der Waals surface area contributed by atoms with Gasteiger partial charge in [-0.1, -0.05) is 0 Å². The van der Waals surface area contributed by atoms with Gasteiger partial charge in [-0.3, -0.25) is 15.2 Å². The van der Waals surface area contributed by atoms with Gasteiger partial charge in [-0.15, -0.1) is 0 Å². The van der Waals surface area contributed by atoms with Crippen LogP contribution in [-0.4, -0.2) is 64.3 Å². The molecule has 2 heterocycles. The number of aromatic nitrogens is 2. The molecule has 25 heavy (non-hydrogen) atoms. The van der Waals surface area contributed by atoms with Crippen LogP contribution in [0.5, 0.6) is 0 Å². The standard InChI is InChI=1S/C10H13F2N5O.C2HF3O2/c11-9(12)7-5-15-8(6-14-7)10(18)16-17-3-1-13-2-4-17;3-2(4,5)1(6)7/h5-6,9,13H,1-4H2,(H,16,18);(H,6,7). The van der Waals surface area contributed by atoms with E-state index >= 15 is 0 Å². The molecular weight excluding hydrogens is 357 g/mol. The fourth-order valence-electron chi connectivity index (χ4n) is 1.55. The van der Waals surface area contributed by atoms with Crippen molar-refractivity contribution in [3.8, 4) is 0 Å². The minimum absolute atomic E-state index is 0.0259. The number of halogens is 5. The molecule has 0 bridgehead atoms. The van der Waals surface area contributed by atoms with Gasteiger partial charge in [0.25, 0.3) is 12.3 Å². The van der Waals surface area contributed by atoms with Gasteiger partial charge in [0.1, 0.15) is 11.4 Å². The first-order chi connectivity index (χ1) is 11.6. The van der Waals surface area contributed by atoms with Gasteiger partial charge in [-0.2, -0.15) is 13.2 Å². The molecule has 1 aromatic rings. The highest BCUT2D eigenvalue weighted by Crippen LogP contribution is 2.14. The third kappa shape index (κ3) is 7.34. The summed E-state index contributed by atoms with van der Waals surface area (Å²) in [5.74, 6) is -3.20. The zero-order valence-electron chi connectivity index (χ0n) is 12.6. The first-order valence-electron chi connectivity index (χ1n) is 6.78. The van der Waals surface area contributed by atoms with Crippen LogP contribution in [0, 0.1) is 0 Å². The first kappa shape index (κ1) is 20.6. The van der Waals surface area contributed by atoms with Crippen LogP contribution in [0.3, 0.4) is 0 Å². The quantitative estimate of drug-likeness (QED) is 0.668. The molecule has 0 unspecified atom stereocenters. The molecule has 2 rings (SSSR count). The van der Waals surface area contributed by atoms with E-state index in [1.54, 1.807) is 5.01 Å². The molecule has 0 aliphatic carbocycles. The maximum atomic E-state index is 12.3. The Morgan fingerprint density at radius 2 is 1.76 bits per heavy atom. The number of hydrogen-bond acceptors (Lipinski definition) is 6. The molecule has 1 aromatic heterocycles. The average Bonchev–Trinajstić information content (AvgIpc) is 2.55. The van der Waals surface area contributed by atoms with Crippen molar-refractivity contribution >= 4 is 11.9 Å². The number of nitrogens with one attached hydrogen (secondary N) is 2. The van der Waals surface area contributed by atoms with E-state index in [-0.39, 0.29) is 5.69 Å². The Hall–Kier alpha value is -2.41. The molecule has 13 heteroatoms. The normalized spacial score (nSPS) is 15.3. The van der Waals surface area contributed by atoms with Gasteiger partial charge < -0.3 is 10.4 Å². The van der Waals surface area contributed by atoms with Gasteiger partial charge in [0.2, 0.25) is 0 Å². The molecule has 0 saturated carbocycles. The monoisotopic (exact) mass is 371 g/mol. The van der Waals surface area contributed by atoms with E-state index in [1.807, 2.05) is 0 Å². The van der Waals surface area contributed by atoms with Gasteiger partial charge in [0.15, 0.2) is 0 Å².